The number of hydrogen-bond donors (Lipinski definition) is 2. The van der Waals surface area contributed by atoms with Crippen LogP contribution in [0.1, 0.15) is 37.3 Å². The number of aliphatic hydroxyl groups excluding tert-OH is 1. The lowest BCUT2D eigenvalue weighted by molar-refractivity contribution is 0.118. The minimum atomic E-state index is -0.255. The molecule has 2 unspecified atom stereocenters. The van der Waals surface area contributed by atoms with Gasteiger partial charge >= 0.3 is 0 Å². The van der Waals surface area contributed by atoms with Gasteiger partial charge in [0.05, 0.1) is 6.10 Å². The van der Waals surface area contributed by atoms with Gasteiger partial charge < -0.3 is 15.6 Å². The number of ether oxygens (including phenoxy) is 1. The van der Waals surface area contributed by atoms with Crippen molar-refractivity contribution in [3.63, 3.8) is 0 Å². The second-order valence-corrected chi connectivity index (χ2v) is 5.44. The number of benzene rings is 1. The monoisotopic (exact) mass is 285 g/mol. The number of nitrogen functional groups attached to an aromatic ring is 1. The molecule has 5 nitrogen and oxygen atoms in total. The fourth-order valence-corrected chi connectivity index (χ4v) is 2.75. The summed E-state index contributed by atoms with van der Waals surface area (Å²) in [7, 11) is 0. The summed E-state index contributed by atoms with van der Waals surface area (Å²) in [5.74, 6) is 1.40. The quantitative estimate of drug-likeness (QED) is 0.847. The molecular formula is C16H19N3O2. The second kappa shape index (κ2) is 6.10. The molecule has 1 aliphatic rings. The number of nitrogens with two attached hydrogens (primary N) is 1. The molecule has 2 aromatic rings. The summed E-state index contributed by atoms with van der Waals surface area (Å²) in [6, 6.07) is 7.19. The van der Waals surface area contributed by atoms with Crippen LogP contribution in [0.25, 0.3) is 0 Å². The first-order valence-corrected chi connectivity index (χ1v) is 7.25. The Morgan fingerprint density at radius 3 is 2.62 bits per heavy atom. The Labute approximate surface area is 123 Å². The van der Waals surface area contributed by atoms with Crippen molar-refractivity contribution in [3.05, 3.63) is 42.4 Å². The van der Waals surface area contributed by atoms with Crippen LogP contribution in [0.15, 0.2) is 36.7 Å². The lowest BCUT2D eigenvalue weighted by Gasteiger charge is -2.26. The van der Waals surface area contributed by atoms with E-state index in [4.69, 9.17) is 10.5 Å². The minimum Gasteiger partial charge on any atom is -0.437 e. The third-order valence-corrected chi connectivity index (χ3v) is 3.82. The van der Waals surface area contributed by atoms with Crippen LogP contribution in [0.5, 0.6) is 11.6 Å². The van der Waals surface area contributed by atoms with E-state index in [1.807, 2.05) is 12.1 Å². The van der Waals surface area contributed by atoms with Crippen LogP contribution in [0.4, 0.5) is 5.69 Å². The van der Waals surface area contributed by atoms with Gasteiger partial charge in [0.25, 0.3) is 0 Å². The molecule has 110 valence electrons. The maximum atomic E-state index is 9.85. The summed E-state index contributed by atoms with van der Waals surface area (Å²) in [5, 5.41) is 9.85. The first-order valence-electron chi connectivity index (χ1n) is 7.25. The van der Waals surface area contributed by atoms with E-state index in [1.54, 1.807) is 24.5 Å². The highest BCUT2D eigenvalue weighted by Gasteiger charge is 2.26. The topological polar surface area (TPSA) is 81.3 Å². The Morgan fingerprint density at radius 1 is 1.10 bits per heavy atom. The third kappa shape index (κ3) is 3.31. The molecule has 1 aliphatic carbocycles. The van der Waals surface area contributed by atoms with Crippen molar-refractivity contribution in [2.45, 2.75) is 37.7 Å². The number of hydrogen-bond acceptors (Lipinski definition) is 5. The SMILES string of the molecule is Nc1ccc(Oc2nccnc2C2CCCC(O)C2)cc1. The predicted molar refractivity (Wildman–Crippen MR) is 80.2 cm³/mol. The molecule has 1 aromatic carbocycles. The maximum absolute atomic E-state index is 9.85. The highest BCUT2D eigenvalue weighted by molar-refractivity contribution is 5.42. The molecule has 3 rings (SSSR count). The summed E-state index contributed by atoms with van der Waals surface area (Å²) in [4.78, 5) is 8.73. The van der Waals surface area contributed by atoms with Crippen molar-refractivity contribution in [2.24, 2.45) is 0 Å². The average molecular weight is 285 g/mol. The molecule has 0 amide bonds. The van der Waals surface area contributed by atoms with E-state index in [9.17, 15) is 5.11 Å². The van der Waals surface area contributed by atoms with Crippen molar-refractivity contribution in [1.29, 1.82) is 0 Å². The van der Waals surface area contributed by atoms with E-state index in [0.29, 0.717) is 17.3 Å². The molecule has 0 bridgehead atoms. The first kappa shape index (κ1) is 13.8. The summed E-state index contributed by atoms with van der Waals surface area (Å²) < 4.78 is 5.84. The fraction of sp³-hybridized carbons (Fsp3) is 0.375. The third-order valence-electron chi connectivity index (χ3n) is 3.82. The molecule has 0 saturated heterocycles. The first-order chi connectivity index (χ1) is 10.2. The smallest absolute Gasteiger partial charge is 0.241 e. The van der Waals surface area contributed by atoms with Gasteiger partial charge in [-0.2, -0.15) is 0 Å². The van der Waals surface area contributed by atoms with E-state index in [0.717, 1.165) is 31.4 Å². The van der Waals surface area contributed by atoms with Crippen LogP contribution in [0.2, 0.25) is 0 Å². The molecule has 0 spiro atoms. The van der Waals surface area contributed by atoms with Gasteiger partial charge in [0.15, 0.2) is 0 Å². The highest BCUT2D eigenvalue weighted by Crippen LogP contribution is 2.36. The van der Waals surface area contributed by atoms with Crippen molar-refractivity contribution in [2.75, 3.05) is 5.73 Å². The van der Waals surface area contributed by atoms with Crippen LogP contribution < -0.4 is 10.5 Å². The van der Waals surface area contributed by atoms with E-state index in [2.05, 4.69) is 9.97 Å². The zero-order chi connectivity index (χ0) is 14.7. The molecule has 3 N–H and O–H groups in total. The summed E-state index contributed by atoms with van der Waals surface area (Å²) in [6.07, 6.45) is 6.64. The predicted octanol–water partition coefficient (Wildman–Crippen LogP) is 2.87. The lowest BCUT2D eigenvalue weighted by Crippen LogP contribution is -2.19. The highest BCUT2D eigenvalue weighted by atomic mass is 16.5. The zero-order valence-electron chi connectivity index (χ0n) is 11.8. The van der Waals surface area contributed by atoms with Crippen molar-refractivity contribution >= 4 is 5.69 Å². The minimum absolute atomic E-state index is 0.200. The number of aromatic nitrogens is 2. The molecular weight excluding hydrogens is 266 g/mol. The Balaban J connectivity index is 1.83. The van der Waals surface area contributed by atoms with Crippen LogP contribution >= 0.6 is 0 Å². The van der Waals surface area contributed by atoms with E-state index < -0.39 is 0 Å². The Morgan fingerprint density at radius 2 is 1.86 bits per heavy atom. The summed E-state index contributed by atoms with van der Waals surface area (Å²) in [6.45, 7) is 0. The van der Waals surface area contributed by atoms with Gasteiger partial charge in [0.1, 0.15) is 11.4 Å². The molecule has 1 saturated carbocycles. The normalized spacial score (nSPS) is 22.0. The molecule has 2 atom stereocenters. The molecule has 0 aliphatic heterocycles. The average Bonchev–Trinajstić information content (AvgIpc) is 2.50. The van der Waals surface area contributed by atoms with Crippen molar-refractivity contribution in [1.82, 2.24) is 9.97 Å². The van der Waals surface area contributed by atoms with Crippen LogP contribution in [0.3, 0.4) is 0 Å². The molecule has 0 radical (unpaired) electrons. The summed E-state index contributed by atoms with van der Waals surface area (Å²) in [5.41, 5.74) is 7.19. The van der Waals surface area contributed by atoms with Crippen molar-refractivity contribution < 1.29 is 9.84 Å². The van der Waals surface area contributed by atoms with Gasteiger partial charge in [-0.05, 0) is 43.5 Å². The van der Waals surface area contributed by atoms with Crippen molar-refractivity contribution in [3.8, 4) is 11.6 Å². The van der Waals surface area contributed by atoms with E-state index in [-0.39, 0.29) is 12.0 Å². The van der Waals surface area contributed by atoms with Gasteiger partial charge in [-0.3, -0.25) is 4.98 Å². The Bertz CT molecular complexity index is 601. The Hall–Kier alpha value is -2.14. The van der Waals surface area contributed by atoms with Crippen LogP contribution in [-0.2, 0) is 0 Å². The van der Waals surface area contributed by atoms with Gasteiger partial charge in [-0.1, -0.05) is 6.42 Å². The van der Waals surface area contributed by atoms with Gasteiger partial charge in [0.2, 0.25) is 5.88 Å². The molecule has 1 aromatic heterocycles. The number of rotatable bonds is 3. The lowest BCUT2D eigenvalue weighted by atomic mass is 9.85. The molecule has 21 heavy (non-hydrogen) atoms. The molecule has 1 fully saturated rings. The fourth-order valence-electron chi connectivity index (χ4n) is 2.75. The summed E-state index contributed by atoms with van der Waals surface area (Å²) >= 11 is 0. The van der Waals surface area contributed by atoms with Gasteiger partial charge in [-0.25, -0.2) is 4.98 Å². The van der Waals surface area contributed by atoms with E-state index in [1.165, 1.54) is 0 Å². The maximum Gasteiger partial charge on any atom is 0.241 e. The van der Waals surface area contributed by atoms with Crippen LogP contribution in [0, 0.1) is 0 Å². The molecule has 5 heteroatoms. The number of anilines is 1. The molecule has 1 heterocycles. The number of aliphatic hydroxyl groups is 1. The Kier molecular flexibility index (Phi) is 4.01. The second-order valence-electron chi connectivity index (χ2n) is 5.44. The van der Waals surface area contributed by atoms with Gasteiger partial charge in [-0.15, -0.1) is 0 Å². The largest absolute Gasteiger partial charge is 0.437 e. The van der Waals surface area contributed by atoms with E-state index >= 15 is 0 Å². The standard InChI is InChI=1S/C16H19N3O2/c17-12-4-6-14(7-5-12)21-16-15(18-8-9-19-16)11-2-1-3-13(20)10-11/h4-9,11,13,20H,1-3,10,17H2. The van der Waals surface area contributed by atoms with Crippen LogP contribution in [-0.4, -0.2) is 21.2 Å². The zero-order valence-corrected chi connectivity index (χ0v) is 11.8. The van der Waals surface area contributed by atoms with Gasteiger partial charge in [0, 0.05) is 24.0 Å². The number of nitrogens with zero attached hydrogens (tertiary/aromatic N) is 2.